The Kier molecular flexibility index (Phi) is 4.51. The smallest absolute Gasteiger partial charge is 0.313 e. The van der Waals surface area contributed by atoms with Crippen LogP contribution in [0.3, 0.4) is 0 Å². The Hall–Kier alpha value is -1.84. The van der Waals surface area contributed by atoms with Crippen LogP contribution >= 0.6 is 0 Å². The van der Waals surface area contributed by atoms with Gasteiger partial charge in [-0.25, -0.2) is 0 Å². The molecule has 0 aliphatic carbocycles. The Morgan fingerprint density at radius 3 is 2.44 bits per heavy atom. The zero-order valence-corrected chi connectivity index (χ0v) is 9.54. The molecule has 86 valence electrons. The average Bonchev–Trinajstić information content (AvgIpc) is 2.30. The third kappa shape index (κ3) is 3.08. The molecule has 0 saturated heterocycles. The summed E-state index contributed by atoms with van der Waals surface area (Å²) < 4.78 is 0. The van der Waals surface area contributed by atoms with E-state index in [1.165, 1.54) is 0 Å². The summed E-state index contributed by atoms with van der Waals surface area (Å²) in [5, 5.41) is 5.05. The average molecular weight is 220 g/mol. The van der Waals surface area contributed by atoms with Gasteiger partial charge in [0.2, 0.25) is 0 Å². The number of carbonyl (C=O) groups is 2. The fraction of sp³-hybridized carbons (Fsp3) is 0.333. The summed E-state index contributed by atoms with van der Waals surface area (Å²) in [6.07, 6.45) is 0.811. The number of anilines is 1. The van der Waals surface area contributed by atoms with E-state index in [-0.39, 0.29) is 0 Å². The molecule has 16 heavy (non-hydrogen) atoms. The van der Waals surface area contributed by atoms with Gasteiger partial charge in [0.05, 0.1) is 0 Å². The number of hydrogen-bond donors (Lipinski definition) is 2. The first kappa shape index (κ1) is 12.2. The topological polar surface area (TPSA) is 58.2 Å². The van der Waals surface area contributed by atoms with E-state index in [0.29, 0.717) is 12.2 Å². The standard InChI is InChI=1S/C12H16N2O2/c1-3-9-7-5-6-8-10(9)14-12(16)11(15)13-4-2/h5-8H,3-4H2,1-2H3,(H,13,15)(H,14,16). The first-order chi connectivity index (χ1) is 7.69. The van der Waals surface area contributed by atoms with Gasteiger partial charge < -0.3 is 10.6 Å². The molecule has 0 aliphatic heterocycles. The molecule has 1 rings (SSSR count). The van der Waals surface area contributed by atoms with Crippen LogP contribution < -0.4 is 10.6 Å². The fourth-order valence-corrected chi connectivity index (χ4v) is 1.37. The molecule has 0 bridgehead atoms. The van der Waals surface area contributed by atoms with Crippen LogP contribution in [0.2, 0.25) is 0 Å². The predicted octanol–water partition coefficient (Wildman–Crippen LogP) is 1.32. The number of carbonyl (C=O) groups excluding carboxylic acids is 2. The van der Waals surface area contributed by atoms with E-state index in [0.717, 1.165) is 12.0 Å². The summed E-state index contributed by atoms with van der Waals surface area (Å²) in [4.78, 5) is 22.7. The summed E-state index contributed by atoms with van der Waals surface area (Å²) in [6, 6.07) is 7.44. The maximum Gasteiger partial charge on any atom is 0.313 e. The number of benzene rings is 1. The van der Waals surface area contributed by atoms with Crippen LogP contribution in [0.15, 0.2) is 24.3 Å². The van der Waals surface area contributed by atoms with Gasteiger partial charge in [-0.15, -0.1) is 0 Å². The van der Waals surface area contributed by atoms with Gasteiger partial charge >= 0.3 is 11.8 Å². The molecule has 1 aromatic carbocycles. The van der Waals surface area contributed by atoms with Gasteiger partial charge in [-0.3, -0.25) is 9.59 Å². The summed E-state index contributed by atoms with van der Waals surface area (Å²) >= 11 is 0. The van der Waals surface area contributed by atoms with E-state index in [2.05, 4.69) is 10.6 Å². The highest BCUT2D eigenvalue weighted by atomic mass is 16.2. The summed E-state index contributed by atoms with van der Waals surface area (Å²) in [5.41, 5.74) is 1.71. The first-order valence-corrected chi connectivity index (χ1v) is 5.36. The SMILES string of the molecule is CCNC(=O)C(=O)Nc1ccccc1CC. The van der Waals surface area contributed by atoms with Crippen molar-refractivity contribution >= 4 is 17.5 Å². The predicted molar refractivity (Wildman–Crippen MR) is 63.1 cm³/mol. The van der Waals surface area contributed by atoms with Crippen molar-refractivity contribution in [1.29, 1.82) is 0 Å². The lowest BCUT2D eigenvalue weighted by Crippen LogP contribution is -2.35. The molecule has 0 heterocycles. The number of nitrogens with one attached hydrogen (secondary N) is 2. The van der Waals surface area contributed by atoms with Crippen molar-refractivity contribution in [2.45, 2.75) is 20.3 Å². The summed E-state index contributed by atoms with van der Waals surface area (Å²) in [6.45, 7) is 4.21. The van der Waals surface area contributed by atoms with Crippen LogP contribution in [0.1, 0.15) is 19.4 Å². The zero-order valence-electron chi connectivity index (χ0n) is 9.54. The maximum atomic E-state index is 11.4. The molecule has 0 aromatic heterocycles. The van der Waals surface area contributed by atoms with Crippen LogP contribution in [0, 0.1) is 0 Å². The Morgan fingerprint density at radius 2 is 1.81 bits per heavy atom. The number of para-hydroxylation sites is 1. The van der Waals surface area contributed by atoms with Gasteiger partial charge in [-0.1, -0.05) is 25.1 Å². The lowest BCUT2D eigenvalue weighted by atomic mass is 10.1. The van der Waals surface area contributed by atoms with E-state index >= 15 is 0 Å². The monoisotopic (exact) mass is 220 g/mol. The maximum absolute atomic E-state index is 11.4. The third-order valence-corrected chi connectivity index (χ3v) is 2.19. The summed E-state index contributed by atoms with van der Waals surface area (Å²) in [7, 11) is 0. The molecule has 0 unspecified atom stereocenters. The van der Waals surface area contributed by atoms with Crippen molar-refractivity contribution in [2.24, 2.45) is 0 Å². The van der Waals surface area contributed by atoms with Crippen LogP contribution in [-0.4, -0.2) is 18.4 Å². The summed E-state index contributed by atoms with van der Waals surface area (Å²) in [5.74, 6) is -1.23. The fourth-order valence-electron chi connectivity index (χ4n) is 1.37. The quantitative estimate of drug-likeness (QED) is 0.755. The molecule has 4 nitrogen and oxygen atoms in total. The molecule has 1 aromatic rings. The van der Waals surface area contributed by atoms with E-state index in [9.17, 15) is 9.59 Å². The number of hydrogen-bond acceptors (Lipinski definition) is 2. The van der Waals surface area contributed by atoms with E-state index in [1.54, 1.807) is 13.0 Å². The molecule has 0 spiro atoms. The van der Waals surface area contributed by atoms with E-state index in [4.69, 9.17) is 0 Å². The number of likely N-dealkylation sites (N-methyl/N-ethyl adjacent to an activating group) is 1. The van der Waals surface area contributed by atoms with E-state index in [1.807, 2.05) is 25.1 Å². The van der Waals surface area contributed by atoms with Crippen LogP contribution in [0.5, 0.6) is 0 Å². The Bertz CT molecular complexity index is 388. The van der Waals surface area contributed by atoms with Crippen molar-refractivity contribution in [3.63, 3.8) is 0 Å². The molecule has 4 heteroatoms. The molecule has 2 amide bonds. The molecular formula is C12H16N2O2. The second-order valence-corrected chi connectivity index (χ2v) is 3.32. The Labute approximate surface area is 95.0 Å². The van der Waals surface area contributed by atoms with Crippen LogP contribution in [0.25, 0.3) is 0 Å². The van der Waals surface area contributed by atoms with Crippen molar-refractivity contribution in [3.8, 4) is 0 Å². The van der Waals surface area contributed by atoms with Gasteiger partial charge in [0, 0.05) is 12.2 Å². The second kappa shape index (κ2) is 5.90. The minimum atomic E-state index is -0.622. The van der Waals surface area contributed by atoms with Crippen molar-refractivity contribution in [2.75, 3.05) is 11.9 Å². The largest absolute Gasteiger partial charge is 0.348 e. The second-order valence-electron chi connectivity index (χ2n) is 3.32. The first-order valence-electron chi connectivity index (χ1n) is 5.36. The highest BCUT2D eigenvalue weighted by molar-refractivity contribution is 6.39. The number of amides is 2. The van der Waals surface area contributed by atoms with Gasteiger partial charge in [0.25, 0.3) is 0 Å². The van der Waals surface area contributed by atoms with Crippen molar-refractivity contribution in [3.05, 3.63) is 29.8 Å². The lowest BCUT2D eigenvalue weighted by Gasteiger charge is -2.08. The number of rotatable bonds is 3. The van der Waals surface area contributed by atoms with Crippen molar-refractivity contribution in [1.82, 2.24) is 5.32 Å². The highest BCUT2D eigenvalue weighted by Crippen LogP contribution is 2.14. The molecule has 0 radical (unpaired) electrons. The zero-order chi connectivity index (χ0) is 12.0. The molecule has 0 atom stereocenters. The van der Waals surface area contributed by atoms with Crippen LogP contribution in [0.4, 0.5) is 5.69 Å². The Morgan fingerprint density at radius 1 is 1.12 bits per heavy atom. The molecule has 0 aliphatic rings. The molecule has 0 fully saturated rings. The van der Waals surface area contributed by atoms with E-state index < -0.39 is 11.8 Å². The van der Waals surface area contributed by atoms with Crippen LogP contribution in [-0.2, 0) is 16.0 Å². The van der Waals surface area contributed by atoms with Gasteiger partial charge in [0.15, 0.2) is 0 Å². The lowest BCUT2D eigenvalue weighted by molar-refractivity contribution is -0.136. The minimum Gasteiger partial charge on any atom is -0.348 e. The molecule has 2 N–H and O–H groups in total. The van der Waals surface area contributed by atoms with Crippen molar-refractivity contribution < 1.29 is 9.59 Å². The normalized spacial score (nSPS) is 9.62. The number of aryl methyl sites for hydroxylation is 1. The highest BCUT2D eigenvalue weighted by Gasteiger charge is 2.13. The van der Waals surface area contributed by atoms with Gasteiger partial charge in [-0.05, 0) is 25.0 Å². The van der Waals surface area contributed by atoms with Gasteiger partial charge in [-0.2, -0.15) is 0 Å². The third-order valence-electron chi connectivity index (χ3n) is 2.19. The molecule has 0 saturated carbocycles. The van der Waals surface area contributed by atoms with Gasteiger partial charge in [0.1, 0.15) is 0 Å². The molecular weight excluding hydrogens is 204 g/mol. The Balaban J connectivity index is 2.73. The minimum absolute atomic E-state index is 0.446.